The number of hydrazone groups is 1. The maximum absolute atomic E-state index is 13.4. The lowest BCUT2D eigenvalue weighted by Gasteiger charge is -2.36. The number of ether oxygens (including phenoxy) is 1. The van der Waals surface area contributed by atoms with Gasteiger partial charge in [0.2, 0.25) is 0 Å². The van der Waals surface area contributed by atoms with Gasteiger partial charge < -0.3 is 4.74 Å². The third-order valence-electron chi connectivity index (χ3n) is 6.06. The summed E-state index contributed by atoms with van der Waals surface area (Å²) >= 11 is 18.7. The topological polar surface area (TPSA) is 53.9 Å². The van der Waals surface area contributed by atoms with Gasteiger partial charge in [-0.1, -0.05) is 46.9 Å². The van der Waals surface area contributed by atoms with Gasteiger partial charge in [0.15, 0.2) is 5.71 Å². The summed E-state index contributed by atoms with van der Waals surface area (Å²) in [5.74, 6) is -0.243. The fourth-order valence-corrected chi connectivity index (χ4v) is 5.02. The summed E-state index contributed by atoms with van der Waals surface area (Å²) in [4.78, 5) is 13.4. The second-order valence-electron chi connectivity index (χ2n) is 8.42. The van der Waals surface area contributed by atoms with Crippen molar-refractivity contribution in [3.63, 3.8) is 0 Å². The Bertz CT molecular complexity index is 1020. The number of hydrogen-bond acceptors (Lipinski definition) is 4. The van der Waals surface area contributed by atoms with Crippen LogP contribution in [0.3, 0.4) is 0 Å². The first-order chi connectivity index (χ1) is 15.3. The number of likely N-dealkylation sites (tertiary alicyclic amines) is 1. The zero-order chi connectivity index (χ0) is 22.9. The zero-order valence-electron chi connectivity index (χ0n) is 18.0. The van der Waals surface area contributed by atoms with Crippen molar-refractivity contribution < 1.29 is 14.1 Å². The van der Waals surface area contributed by atoms with Crippen LogP contribution in [0.15, 0.2) is 47.6 Å². The first-order valence-corrected chi connectivity index (χ1v) is 11.7. The Morgan fingerprint density at radius 1 is 1.06 bits per heavy atom. The summed E-state index contributed by atoms with van der Waals surface area (Å²) in [5.41, 5.74) is 5.01. The number of hydrogen-bond donors (Lipinski definition) is 1. The van der Waals surface area contributed by atoms with Crippen LogP contribution >= 0.6 is 34.8 Å². The highest BCUT2D eigenvalue weighted by atomic mass is 35.5. The Labute approximate surface area is 203 Å². The summed E-state index contributed by atoms with van der Waals surface area (Å²) in [7, 11) is 3.62. The Kier molecular flexibility index (Phi) is 6.98. The number of carbonyl (C=O) groups is 1. The van der Waals surface area contributed by atoms with Gasteiger partial charge in [-0.2, -0.15) is 10.5 Å². The maximum atomic E-state index is 13.4. The quantitative estimate of drug-likeness (QED) is 0.576. The smallest absolute Gasteiger partial charge is 0.314 e. The molecule has 0 unspecified atom stereocenters. The predicted octanol–water partition coefficient (Wildman–Crippen LogP) is 5.24. The molecule has 1 fully saturated rings. The number of benzene rings is 2. The molecule has 1 amide bonds. The van der Waals surface area contributed by atoms with E-state index in [4.69, 9.17) is 44.6 Å². The molecule has 4 rings (SSSR count). The van der Waals surface area contributed by atoms with Crippen LogP contribution in [0.2, 0.25) is 15.1 Å². The third kappa shape index (κ3) is 4.75. The lowest BCUT2D eigenvalue weighted by Crippen LogP contribution is -2.61. The predicted molar refractivity (Wildman–Crippen MR) is 129 cm³/mol. The largest absolute Gasteiger partial charge is 0.372 e. The summed E-state index contributed by atoms with van der Waals surface area (Å²) in [6, 6.07) is 12.2. The molecule has 32 heavy (non-hydrogen) atoms. The minimum absolute atomic E-state index is 0.243. The average molecular weight is 497 g/mol. The van der Waals surface area contributed by atoms with Crippen molar-refractivity contribution in [1.29, 1.82) is 0 Å². The minimum atomic E-state index is -0.598. The molecular weight excluding hydrogens is 471 g/mol. The molecule has 2 atom stereocenters. The normalized spacial score (nSPS) is 22.5. The van der Waals surface area contributed by atoms with E-state index in [-0.39, 0.29) is 5.91 Å². The number of nitrogens with zero attached hydrogens (tertiary/aromatic N) is 3. The maximum Gasteiger partial charge on any atom is 0.314 e. The van der Waals surface area contributed by atoms with Crippen molar-refractivity contribution in [2.24, 2.45) is 5.10 Å². The van der Waals surface area contributed by atoms with Crippen LogP contribution in [0.5, 0.6) is 0 Å². The van der Waals surface area contributed by atoms with Crippen LogP contribution in [-0.4, -0.2) is 49.6 Å². The number of piperidine rings is 1. The zero-order valence-corrected chi connectivity index (χ0v) is 20.3. The van der Waals surface area contributed by atoms with Crippen LogP contribution < -0.4 is 10.4 Å². The van der Waals surface area contributed by atoms with Crippen LogP contribution in [0.1, 0.15) is 30.9 Å². The Morgan fingerprint density at radius 2 is 1.72 bits per heavy atom. The molecular formula is C23H26Cl3N4O2+. The van der Waals surface area contributed by atoms with Gasteiger partial charge in [0.25, 0.3) is 0 Å². The second-order valence-corrected chi connectivity index (χ2v) is 9.70. The molecule has 2 aliphatic heterocycles. The monoisotopic (exact) mass is 495 g/mol. The highest BCUT2D eigenvalue weighted by Crippen LogP contribution is 2.41. The van der Waals surface area contributed by atoms with E-state index >= 15 is 0 Å². The molecule has 2 aromatic carbocycles. The van der Waals surface area contributed by atoms with E-state index in [1.54, 1.807) is 30.3 Å². The molecule has 9 heteroatoms. The van der Waals surface area contributed by atoms with E-state index in [1.807, 2.05) is 31.3 Å². The van der Waals surface area contributed by atoms with Crippen molar-refractivity contribution in [2.75, 3.05) is 32.3 Å². The summed E-state index contributed by atoms with van der Waals surface area (Å²) < 4.78 is 6.32. The van der Waals surface area contributed by atoms with Gasteiger partial charge >= 0.3 is 5.91 Å². The third-order valence-corrected chi connectivity index (χ3v) is 6.85. The van der Waals surface area contributed by atoms with Gasteiger partial charge in [0.05, 0.1) is 17.8 Å². The minimum Gasteiger partial charge on any atom is -0.372 e. The molecule has 0 aromatic heterocycles. The molecule has 0 aliphatic carbocycles. The van der Waals surface area contributed by atoms with E-state index in [0.29, 0.717) is 31.1 Å². The van der Waals surface area contributed by atoms with Crippen molar-refractivity contribution in [2.45, 2.75) is 31.4 Å². The molecule has 0 radical (unpaired) electrons. The average Bonchev–Trinajstić information content (AvgIpc) is 3.14. The summed E-state index contributed by atoms with van der Waals surface area (Å²) in [6.07, 6.45) is 2.75. The number of anilines is 1. The molecule has 2 aromatic rings. The molecule has 2 aliphatic rings. The fourth-order valence-electron chi connectivity index (χ4n) is 4.40. The van der Waals surface area contributed by atoms with E-state index in [2.05, 4.69) is 5.43 Å². The van der Waals surface area contributed by atoms with E-state index in [9.17, 15) is 4.79 Å². The highest BCUT2D eigenvalue weighted by Gasteiger charge is 2.44. The lowest BCUT2D eigenvalue weighted by atomic mass is 9.98. The van der Waals surface area contributed by atoms with Crippen molar-refractivity contribution in [3.05, 3.63) is 63.1 Å². The van der Waals surface area contributed by atoms with Crippen LogP contribution in [0.4, 0.5) is 5.69 Å². The van der Waals surface area contributed by atoms with Crippen molar-refractivity contribution in [3.8, 4) is 0 Å². The Morgan fingerprint density at radius 3 is 2.34 bits per heavy atom. The SMILES string of the molecule is CO[C@H]1C(C(=O)N[N+]2(C)CCCCC2)=NN(c2ccc(Cl)cc2Cl)[C@H]1c1ccc(Cl)cc1. The van der Waals surface area contributed by atoms with Gasteiger partial charge in [0.1, 0.15) is 25.2 Å². The molecule has 0 bridgehead atoms. The Balaban J connectivity index is 1.73. The standard InChI is InChI=1S/C23H25Cl3N4O2/c1-30(12-4-3-5-13-30)28-23(31)20-22(32-2)21(15-6-8-16(24)9-7-15)29(27-20)19-11-10-17(25)14-18(19)26/h6-11,14,21-22H,3-5,12-13H2,1-2H3/p+1/t21-,22-/m0/s1. The van der Waals surface area contributed by atoms with E-state index in [1.165, 1.54) is 6.42 Å². The molecule has 170 valence electrons. The van der Waals surface area contributed by atoms with Gasteiger partial charge in [0, 0.05) is 17.2 Å². The number of quaternary nitrogens is 1. The number of amides is 1. The summed E-state index contributed by atoms with van der Waals surface area (Å²) in [5, 5.41) is 8.04. The number of nitrogens with one attached hydrogen (secondary N) is 1. The molecule has 6 nitrogen and oxygen atoms in total. The van der Waals surface area contributed by atoms with E-state index < -0.39 is 12.1 Å². The van der Waals surface area contributed by atoms with E-state index in [0.717, 1.165) is 31.5 Å². The number of rotatable bonds is 5. The van der Waals surface area contributed by atoms with Gasteiger partial charge in [-0.05, 0) is 55.2 Å². The first-order valence-electron chi connectivity index (χ1n) is 10.6. The number of carbonyl (C=O) groups excluding carboxylic acids is 1. The molecule has 1 saturated heterocycles. The van der Waals surface area contributed by atoms with Gasteiger partial charge in [-0.25, -0.2) is 4.59 Å². The molecule has 2 heterocycles. The molecule has 0 spiro atoms. The molecule has 0 saturated carbocycles. The van der Waals surface area contributed by atoms with Gasteiger partial charge in [-0.15, -0.1) is 0 Å². The van der Waals surface area contributed by atoms with Crippen LogP contribution in [-0.2, 0) is 9.53 Å². The Hall–Kier alpha value is -1.83. The van der Waals surface area contributed by atoms with Crippen molar-refractivity contribution in [1.82, 2.24) is 5.43 Å². The summed E-state index contributed by atoms with van der Waals surface area (Å²) in [6.45, 7) is 1.79. The highest BCUT2D eigenvalue weighted by molar-refractivity contribution is 6.41. The number of halogens is 3. The van der Waals surface area contributed by atoms with Crippen molar-refractivity contribution >= 4 is 52.1 Å². The second kappa shape index (κ2) is 9.57. The van der Waals surface area contributed by atoms with Crippen LogP contribution in [0.25, 0.3) is 0 Å². The van der Waals surface area contributed by atoms with Gasteiger partial charge in [-0.3, -0.25) is 9.80 Å². The fraction of sp³-hybridized carbons (Fsp3) is 0.391. The lowest BCUT2D eigenvalue weighted by molar-refractivity contribution is -0.947. The number of methoxy groups -OCH3 is 1. The van der Waals surface area contributed by atoms with Crippen LogP contribution in [0, 0.1) is 0 Å². The molecule has 1 N–H and O–H groups in total. The first kappa shape index (κ1) is 23.3.